The maximum Gasteiger partial charge on any atom is 0.193 e. The Bertz CT molecular complexity index is 400. The van der Waals surface area contributed by atoms with Gasteiger partial charge >= 0.3 is 0 Å². The molecule has 0 amide bonds. The first-order chi connectivity index (χ1) is 8.79. The molecule has 1 aromatic heterocycles. The Hall–Kier alpha value is 0.430. The lowest BCUT2D eigenvalue weighted by atomic mass is 10.3. The minimum atomic E-state index is 0. The van der Waals surface area contributed by atoms with Gasteiger partial charge in [-0.3, -0.25) is 4.99 Å². The van der Waals surface area contributed by atoms with Crippen LogP contribution in [0.3, 0.4) is 0 Å². The minimum Gasteiger partial charge on any atom is -0.357 e. The Labute approximate surface area is 150 Å². The molecule has 0 radical (unpaired) electrons. The lowest BCUT2D eigenvalue weighted by Crippen LogP contribution is -2.39. The summed E-state index contributed by atoms with van der Waals surface area (Å²) < 4.78 is 1.36. The first-order valence-electron chi connectivity index (χ1n) is 6.57. The fourth-order valence-corrected chi connectivity index (χ4v) is 3.86. The molecule has 1 N–H and O–H groups in total. The van der Waals surface area contributed by atoms with Crippen LogP contribution in [0.4, 0.5) is 0 Å². The molecule has 1 aliphatic heterocycles. The lowest BCUT2D eigenvalue weighted by Gasteiger charge is -2.20. The number of halogens is 2. The number of guanidine groups is 1. The van der Waals surface area contributed by atoms with Crippen molar-refractivity contribution in [1.29, 1.82) is 0 Å². The van der Waals surface area contributed by atoms with Crippen molar-refractivity contribution < 1.29 is 0 Å². The zero-order valence-corrected chi connectivity index (χ0v) is 16.5. The molecule has 0 aromatic carbocycles. The highest BCUT2D eigenvalue weighted by molar-refractivity contribution is 14.1. The van der Waals surface area contributed by atoms with Crippen LogP contribution in [0.2, 0.25) is 0 Å². The normalized spacial score (nSPS) is 15.5. The molecule has 0 bridgehead atoms. The van der Waals surface area contributed by atoms with Crippen LogP contribution in [0.1, 0.15) is 24.6 Å². The Morgan fingerprint density at radius 3 is 2.74 bits per heavy atom. The summed E-state index contributed by atoms with van der Waals surface area (Å²) in [6, 6.07) is 4.39. The molecule has 2 heterocycles. The summed E-state index contributed by atoms with van der Waals surface area (Å²) in [4.78, 5) is 8.54. The van der Waals surface area contributed by atoms with Gasteiger partial charge in [-0.05, 0) is 54.5 Å². The van der Waals surface area contributed by atoms with Crippen molar-refractivity contribution in [2.24, 2.45) is 4.99 Å². The van der Waals surface area contributed by atoms with Crippen LogP contribution in [-0.4, -0.2) is 37.0 Å². The van der Waals surface area contributed by atoms with Crippen LogP contribution in [-0.2, 0) is 6.42 Å². The van der Waals surface area contributed by atoms with E-state index in [1.165, 1.54) is 20.6 Å². The van der Waals surface area contributed by atoms with Crippen molar-refractivity contribution in [1.82, 2.24) is 10.2 Å². The highest BCUT2D eigenvalue weighted by Gasteiger charge is 2.15. The molecule has 3 nitrogen and oxygen atoms in total. The van der Waals surface area contributed by atoms with Gasteiger partial charge in [0.05, 0.1) is 2.88 Å². The van der Waals surface area contributed by atoms with E-state index in [-0.39, 0.29) is 24.0 Å². The fourth-order valence-electron chi connectivity index (χ4n) is 2.11. The summed E-state index contributed by atoms with van der Waals surface area (Å²) in [5, 5.41) is 3.39. The number of nitrogens with zero attached hydrogens (tertiary/aromatic N) is 2. The number of likely N-dealkylation sites (tertiary alicyclic amines) is 1. The molecule has 6 heteroatoms. The number of nitrogens with one attached hydrogen (secondary N) is 1. The monoisotopic (exact) mass is 505 g/mol. The largest absolute Gasteiger partial charge is 0.357 e. The van der Waals surface area contributed by atoms with E-state index in [0.29, 0.717) is 0 Å². The average Bonchev–Trinajstić information content (AvgIpc) is 2.99. The number of hydrogen-bond acceptors (Lipinski definition) is 2. The molecule has 1 aromatic rings. The zero-order chi connectivity index (χ0) is 12.8. The van der Waals surface area contributed by atoms with Crippen LogP contribution >= 0.6 is 57.9 Å². The predicted octanol–water partition coefficient (Wildman–Crippen LogP) is 3.57. The molecular formula is C13H21I2N3S. The average molecular weight is 505 g/mol. The molecule has 0 atom stereocenters. The van der Waals surface area contributed by atoms with Gasteiger partial charge in [-0.2, -0.15) is 0 Å². The summed E-state index contributed by atoms with van der Waals surface area (Å²) in [5.74, 6) is 1.10. The van der Waals surface area contributed by atoms with Crippen LogP contribution < -0.4 is 5.32 Å². The van der Waals surface area contributed by atoms with E-state index in [4.69, 9.17) is 4.99 Å². The number of aliphatic imine (C=N–C) groups is 1. The number of rotatable bonds is 4. The van der Waals surface area contributed by atoms with Gasteiger partial charge in [0, 0.05) is 37.5 Å². The van der Waals surface area contributed by atoms with Gasteiger partial charge in [0.2, 0.25) is 0 Å². The van der Waals surface area contributed by atoms with E-state index in [2.05, 4.69) is 51.9 Å². The van der Waals surface area contributed by atoms with Gasteiger partial charge in [0.15, 0.2) is 5.96 Å². The van der Waals surface area contributed by atoms with Crippen molar-refractivity contribution in [3.8, 4) is 0 Å². The minimum absolute atomic E-state index is 0. The smallest absolute Gasteiger partial charge is 0.193 e. The topological polar surface area (TPSA) is 27.6 Å². The highest BCUT2D eigenvalue weighted by atomic mass is 127. The molecule has 0 spiro atoms. The lowest BCUT2D eigenvalue weighted by molar-refractivity contribution is 0.494. The van der Waals surface area contributed by atoms with E-state index in [1.807, 2.05) is 11.3 Å². The molecule has 108 valence electrons. The molecule has 0 saturated carbocycles. The number of thiophene rings is 1. The van der Waals surface area contributed by atoms with Gasteiger partial charge in [0.1, 0.15) is 0 Å². The van der Waals surface area contributed by atoms with E-state index < -0.39 is 0 Å². The Morgan fingerprint density at radius 1 is 1.42 bits per heavy atom. The maximum atomic E-state index is 4.74. The van der Waals surface area contributed by atoms with Crippen molar-refractivity contribution in [2.75, 3.05) is 26.2 Å². The molecule has 0 aliphatic carbocycles. The molecular weight excluding hydrogens is 484 g/mol. The van der Waals surface area contributed by atoms with Crippen LogP contribution in [0.25, 0.3) is 0 Å². The van der Waals surface area contributed by atoms with Crippen LogP contribution in [0.5, 0.6) is 0 Å². The van der Waals surface area contributed by atoms with Crippen molar-refractivity contribution in [3.05, 3.63) is 19.9 Å². The molecule has 19 heavy (non-hydrogen) atoms. The van der Waals surface area contributed by atoms with E-state index >= 15 is 0 Å². The summed E-state index contributed by atoms with van der Waals surface area (Å²) >= 11 is 4.24. The SMILES string of the molecule is CCNC(=NCCc1ccc(I)s1)N1CCCC1.I. The second-order valence-corrected chi connectivity index (χ2v) is 7.45. The molecule has 2 rings (SSSR count). The van der Waals surface area contributed by atoms with Gasteiger partial charge in [-0.25, -0.2) is 0 Å². The van der Waals surface area contributed by atoms with Crippen molar-refractivity contribution in [3.63, 3.8) is 0 Å². The van der Waals surface area contributed by atoms with Gasteiger partial charge in [-0.15, -0.1) is 35.3 Å². The van der Waals surface area contributed by atoms with Gasteiger partial charge in [0.25, 0.3) is 0 Å². The van der Waals surface area contributed by atoms with Crippen molar-refractivity contribution in [2.45, 2.75) is 26.2 Å². The highest BCUT2D eigenvalue weighted by Crippen LogP contribution is 2.18. The third-order valence-electron chi connectivity index (χ3n) is 2.99. The first-order valence-corrected chi connectivity index (χ1v) is 8.46. The summed E-state index contributed by atoms with van der Waals surface area (Å²) in [6.07, 6.45) is 3.65. The first kappa shape index (κ1) is 17.5. The summed E-state index contributed by atoms with van der Waals surface area (Å²) in [6.45, 7) is 6.28. The predicted molar refractivity (Wildman–Crippen MR) is 103 cm³/mol. The molecule has 1 saturated heterocycles. The third-order valence-corrected chi connectivity index (χ3v) is 4.94. The van der Waals surface area contributed by atoms with Crippen LogP contribution in [0, 0.1) is 2.88 Å². The van der Waals surface area contributed by atoms with Crippen LogP contribution in [0.15, 0.2) is 17.1 Å². The second-order valence-electron chi connectivity index (χ2n) is 4.39. The Morgan fingerprint density at radius 2 is 2.16 bits per heavy atom. The fraction of sp³-hybridized carbons (Fsp3) is 0.615. The maximum absolute atomic E-state index is 4.74. The van der Waals surface area contributed by atoms with Gasteiger partial charge in [-0.1, -0.05) is 0 Å². The Kier molecular flexibility index (Phi) is 8.63. The second kappa shape index (κ2) is 9.38. The number of hydrogen-bond donors (Lipinski definition) is 1. The molecule has 1 fully saturated rings. The third kappa shape index (κ3) is 5.74. The van der Waals surface area contributed by atoms with E-state index in [9.17, 15) is 0 Å². The molecule has 0 unspecified atom stereocenters. The van der Waals surface area contributed by atoms with Crippen molar-refractivity contribution >= 4 is 63.9 Å². The molecule has 1 aliphatic rings. The van der Waals surface area contributed by atoms with Gasteiger partial charge < -0.3 is 10.2 Å². The Balaban J connectivity index is 0.00000180. The summed E-state index contributed by atoms with van der Waals surface area (Å²) in [7, 11) is 0. The quantitative estimate of drug-likeness (QED) is 0.385. The zero-order valence-electron chi connectivity index (χ0n) is 11.2. The van der Waals surface area contributed by atoms with E-state index in [1.54, 1.807) is 0 Å². The standard InChI is InChI=1S/C13H20IN3S.HI/c1-2-15-13(17-9-3-4-10-17)16-8-7-11-5-6-12(14)18-11;/h5-6H,2-4,7-10H2,1H3,(H,15,16);1H. The summed E-state index contributed by atoms with van der Waals surface area (Å²) in [5.41, 5.74) is 0. The van der Waals surface area contributed by atoms with E-state index in [0.717, 1.165) is 38.6 Å².